The molecule has 8 nitrogen and oxygen atoms in total. The number of hydrogen-bond donors (Lipinski definition) is 2. The van der Waals surface area contributed by atoms with E-state index in [0.29, 0.717) is 35.2 Å². The molecule has 0 radical (unpaired) electrons. The maximum absolute atomic E-state index is 12.4. The third kappa shape index (κ3) is 6.01. The minimum Gasteiger partial charge on any atom is -0.388 e. The Bertz CT molecular complexity index is 978. The van der Waals surface area contributed by atoms with E-state index in [-0.39, 0.29) is 12.2 Å². The summed E-state index contributed by atoms with van der Waals surface area (Å²) in [6.45, 7) is 3.82. The van der Waals surface area contributed by atoms with E-state index < -0.39 is 21.1 Å². The van der Waals surface area contributed by atoms with E-state index in [2.05, 4.69) is 5.43 Å². The third-order valence-corrected chi connectivity index (χ3v) is 5.84. The molecule has 9 heteroatoms. The summed E-state index contributed by atoms with van der Waals surface area (Å²) in [4.78, 5) is 11.1. The van der Waals surface area contributed by atoms with Gasteiger partial charge in [0.15, 0.2) is 0 Å². The lowest BCUT2D eigenvalue weighted by atomic mass is 10.0. The molecular formula is C21H29N3O5S. The first-order chi connectivity index (χ1) is 14.2. The van der Waals surface area contributed by atoms with Gasteiger partial charge in [0, 0.05) is 17.7 Å². The monoisotopic (exact) mass is 435 g/mol. The number of benzene rings is 2. The van der Waals surface area contributed by atoms with Crippen molar-refractivity contribution in [3.63, 3.8) is 0 Å². The first-order valence-corrected chi connectivity index (χ1v) is 11.8. The average Bonchev–Trinajstić information content (AvgIpc) is 2.70. The van der Waals surface area contributed by atoms with Crippen LogP contribution < -0.4 is 9.84 Å². The van der Waals surface area contributed by atoms with Crippen molar-refractivity contribution in [2.75, 3.05) is 10.7 Å². The number of hydrogen-bond acceptors (Lipinski definition) is 6. The molecule has 0 fully saturated rings. The maximum atomic E-state index is 12.4. The topological polar surface area (TPSA) is 113 Å². The van der Waals surface area contributed by atoms with E-state index in [1.807, 2.05) is 13.8 Å². The molecule has 30 heavy (non-hydrogen) atoms. The van der Waals surface area contributed by atoms with Gasteiger partial charge < -0.3 is 5.11 Å². The van der Waals surface area contributed by atoms with Gasteiger partial charge in [0.1, 0.15) is 0 Å². The van der Waals surface area contributed by atoms with Gasteiger partial charge >= 0.3 is 0 Å². The van der Waals surface area contributed by atoms with Gasteiger partial charge in [-0.2, -0.15) is 0 Å². The van der Waals surface area contributed by atoms with E-state index in [1.165, 1.54) is 0 Å². The van der Waals surface area contributed by atoms with E-state index in [0.717, 1.165) is 23.5 Å². The molecule has 2 N–H and O–H groups in total. The van der Waals surface area contributed by atoms with Crippen LogP contribution in [0.15, 0.2) is 42.5 Å². The molecule has 1 atom stereocenters. The molecule has 2 aromatic carbocycles. The first kappa shape index (κ1) is 23.8. The Morgan fingerprint density at radius 2 is 1.83 bits per heavy atom. The number of nitrogens with zero attached hydrogens (tertiary/aromatic N) is 2. The van der Waals surface area contributed by atoms with Crippen molar-refractivity contribution in [2.24, 2.45) is 0 Å². The molecule has 0 heterocycles. The van der Waals surface area contributed by atoms with Crippen LogP contribution in [0.2, 0.25) is 0 Å². The lowest BCUT2D eigenvalue weighted by Gasteiger charge is -2.24. The average molecular weight is 436 g/mol. The molecule has 0 saturated carbocycles. The Kier molecular flexibility index (Phi) is 8.33. The summed E-state index contributed by atoms with van der Waals surface area (Å²) in [5.74, 6) is 0. The normalized spacial score (nSPS) is 12.5. The molecule has 0 aromatic heterocycles. The van der Waals surface area contributed by atoms with Crippen molar-refractivity contribution in [1.82, 2.24) is 5.43 Å². The van der Waals surface area contributed by atoms with Crippen LogP contribution >= 0.6 is 0 Å². The van der Waals surface area contributed by atoms with E-state index in [4.69, 9.17) is 0 Å². The minimum atomic E-state index is -3.73. The highest BCUT2D eigenvalue weighted by molar-refractivity contribution is 7.92. The van der Waals surface area contributed by atoms with Gasteiger partial charge in [-0.25, -0.2) is 18.3 Å². The highest BCUT2D eigenvalue weighted by atomic mass is 32.2. The van der Waals surface area contributed by atoms with Crippen LogP contribution in [0.3, 0.4) is 0 Å². The van der Waals surface area contributed by atoms with Crippen molar-refractivity contribution in [3.8, 4) is 0 Å². The lowest BCUT2D eigenvalue weighted by molar-refractivity contribution is -0.386. The minimum absolute atomic E-state index is 0.00955. The zero-order valence-electron chi connectivity index (χ0n) is 17.5. The molecule has 2 rings (SSSR count). The predicted molar refractivity (Wildman–Crippen MR) is 118 cm³/mol. The fourth-order valence-electron chi connectivity index (χ4n) is 3.29. The lowest BCUT2D eigenvalue weighted by Crippen LogP contribution is -2.42. The molecule has 2 aromatic rings. The number of para-hydroxylation sites is 1. The van der Waals surface area contributed by atoms with Crippen LogP contribution in [0.1, 0.15) is 55.9 Å². The van der Waals surface area contributed by atoms with Crippen LogP contribution in [0.4, 0.5) is 11.4 Å². The number of rotatable bonds is 11. The molecule has 0 amide bonds. The van der Waals surface area contributed by atoms with Gasteiger partial charge in [0.2, 0.25) is 10.0 Å². The number of aryl methyl sites for hydroxylation is 1. The van der Waals surface area contributed by atoms with Crippen molar-refractivity contribution in [3.05, 3.63) is 69.3 Å². The molecule has 0 aliphatic rings. The zero-order valence-corrected chi connectivity index (χ0v) is 18.4. The quantitative estimate of drug-likeness (QED) is 0.409. The second-order valence-corrected chi connectivity index (χ2v) is 8.98. The smallest absolute Gasteiger partial charge is 0.277 e. The SMILES string of the molecule is CCCCC(O)c1cccc(N(NCc2cccc(CC)c2[N+](=O)[O-])S(C)(=O)=O)c1. The van der Waals surface area contributed by atoms with Crippen LogP contribution in [-0.4, -0.2) is 24.7 Å². The summed E-state index contributed by atoms with van der Waals surface area (Å²) in [6.07, 6.45) is 3.26. The Balaban J connectivity index is 2.33. The van der Waals surface area contributed by atoms with Crippen molar-refractivity contribution in [2.45, 2.75) is 52.2 Å². The molecule has 0 aliphatic heterocycles. The molecule has 164 valence electrons. The van der Waals surface area contributed by atoms with Gasteiger partial charge in [-0.15, -0.1) is 0 Å². The third-order valence-electron chi connectivity index (χ3n) is 4.83. The van der Waals surface area contributed by atoms with Crippen molar-refractivity contribution < 1.29 is 18.4 Å². The van der Waals surface area contributed by atoms with Crippen LogP contribution in [0.25, 0.3) is 0 Å². The standard InChI is InChI=1S/C21H29N3O5S/c1-4-6-13-20(25)17-10-8-12-19(14-17)23(30(3,28)29)22-15-18-11-7-9-16(5-2)21(18)24(26)27/h7-12,14,20,22,25H,4-6,13,15H2,1-3H3. The highest BCUT2D eigenvalue weighted by Gasteiger charge is 2.22. The molecule has 0 aliphatic carbocycles. The summed E-state index contributed by atoms with van der Waals surface area (Å²) < 4.78 is 25.8. The molecule has 0 saturated heterocycles. The fourth-order valence-corrected chi connectivity index (χ4v) is 4.08. The van der Waals surface area contributed by atoms with Gasteiger partial charge in [0.05, 0.1) is 23.0 Å². The van der Waals surface area contributed by atoms with Crippen molar-refractivity contribution >= 4 is 21.4 Å². The summed E-state index contributed by atoms with van der Waals surface area (Å²) in [5.41, 5.74) is 4.74. The zero-order chi connectivity index (χ0) is 22.3. The first-order valence-electron chi connectivity index (χ1n) is 9.96. The Morgan fingerprint density at radius 1 is 1.17 bits per heavy atom. The highest BCUT2D eigenvalue weighted by Crippen LogP contribution is 2.27. The molecule has 1 unspecified atom stereocenters. The van der Waals surface area contributed by atoms with E-state index in [1.54, 1.807) is 42.5 Å². The summed E-state index contributed by atoms with van der Waals surface area (Å²) in [6, 6.07) is 11.7. The number of unbranched alkanes of at least 4 members (excludes halogenated alkanes) is 1. The second-order valence-electron chi connectivity index (χ2n) is 7.15. The van der Waals surface area contributed by atoms with Gasteiger partial charge in [0.25, 0.3) is 5.69 Å². The van der Waals surface area contributed by atoms with Gasteiger partial charge in [-0.05, 0) is 30.5 Å². The van der Waals surface area contributed by atoms with Gasteiger partial charge in [-0.3, -0.25) is 10.1 Å². The second kappa shape index (κ2) is 10.5. The van der Waals surface area contributed by atoms with E-state index in [9.17, 15) is 23.6 Å². The Hall–Kier alpha value is -2.49. The van der Waals surface area contributed by atoms with Crippen molar-refractivity contribution in [1.29, 1.82) is 0 Å². The number of nitro benzene ring substituents is 1. The number of nitrogens with one attached hydrogen (secondary N) is 1. The molecule has 0 bridgehead atoms. The number of aliphatic hydroxyl groups excluding tert-OH is 1. The number of hydrazine groups is 1. The van der Waals surface area contributed by atoms with E-state index >= 15 is 0 Å². The Morgan fingerprint density at radius 3 is 2.43 bits per heavy atom. The number of nitro groups is 1. The summed E-state index contributed by atoms with van der Waals surface area (Å²) in [5, 5.41) is 21.9. The predicted octanol–water partition coefficient (Wildman–Crippen LogP) is 3.85. The summed E-state index contributed by atoms with van der Waals surface area (Å²) in [7, 11) is -3.73. The Labute approximate surface area is 177 Å². The fraction of sp³-hybridized carbons (Fsp3) is 0.429. The van der Waals surface area contributed by atoms with Crippen LogP contribution in [0, 0.1) is 10.1 Å². The maximum Gasteiger partial charge on any atom is 0.277 e. The number of aliphatic hydroxyl groups is 1. The summed E-state index contributed by atoms with van der Waals surface area (Å²) >= 11 is 0. The van der Waals surface area contributed by atoms with Gasteiger partial charge in [-0.1, -0.05) is 57.0 Å². The van der Waals surface area contributed by atoms with Crippen LogP contribution in [0.5, 0.6) is 0 Å². The molecule has 0 spiro atoms. The largest absolute Gasteiger partial charge is 0.388 e. The number of sulfonamides is 1. The number of anilines is 1. The van der Waals surface area contributed by atoms with Crippen LogP contribution in [-0.2, 0) is 23.0 Å². The molecular weight excluding hydrogens is 406 g/mol.